The molecule has 2 aromatic rings. The van der Waals surface area contributed by atoms with Crippen molar-refractivity contribution in [2.24, 2.45) is 0 Å². The van der Waals surface area contributed by atoms with Crippen molar-refractivity contribution < 1.29 is 20.7 Å². The van der Waals surface area contributed by atoms with E-state index in [0.717, 1.165) is 27.5 Å². The highest BCUT2D eigenvalue weighted by Gasteiger charge is 2.12. The van der Waals surface area contributed by atoms with Crippen LogP contribution in [0.3, 0.4) is 0 Å². The lowest BCUT2D eigenvalue weighted by Crippen LogP contribution is -2.28. The van der Waals surface area contributed by atoms with Crippen LogP contribution in [0.2, 0.25) is 0 Å². The fourth-order valence-corrected chi connectivity index (χ4v) is 1.96. The summed E-state index contributed by atoms with van der Waals surface area (Å²) in [6.07, 6.45) is 0.159. The predicted molar refractivity (Wildman–Crippen MR) is 84.4 cm³/mol. The fraction of sp³-hybridized carbons (Fsp3) is 0.235. The molecule has 0 spiro atoms. The van der Waals surface area contributed by atoms with Crippen LogP contribution >= 0.6 is 0 Å². The first-order chi connectivity index (χ1) is 12.1. The van der Waals surface area contributed by atoms with Crippen molar-refractivity contribution >= 4 is 5.91 Å². The van der Waals surface area contributed by atoms with Crippen LogP contribution in [0.5, 0.6) is 5.75 Å². The summed E-state index contributed by atoms with van der Waals surface area (Å²) < 4.78 is 25.1. The number of carbonyl (C=O) groups excluding carboxylic acids is 1. The van der Waals surface area contributed by atoms with Gasteiger partial charge in [0.25, 0.3) is 5.91 Å². The van der Waals surface area contributed by atoms with Gasteiger partial charge in [0.1, 0.15) is 5.75 Å². The summed E-state index contributed by atoms with van der Waals surface area (Å²) in [5.74, 6) is 0.410. The highest BCUT2D eigenvalue weighted by molar-refractivity contribution is 5.77. The first-order valence-electron chi connectivity index (χ1n) is 8.76. The molecule has 21 heavy (non-hydrogen) atoms. The molecule has 1 amide bonds. The Bertz CT molecular complexity index is 606. The molecule has 1 N–H and O–H groups in total. The summed E-state index contributed by atoms with van der Waals surface area (Å²) in [6.45, 7) is 2.19. The minimum absolute atomic E-state index is 0.159. The van der Waals surface area contributed by atoms with Crippen molar-refractivity contribution in [3.63, 3.8) is 0 Å². The van der Waals surface area contributed by atoms with Gasteiger partial charge >= 0.3 is 0 Å². The molecule has 4 nitrogen and oxygen atoms in total. The first-order valence-corrected chi connectivity index (χ1v) is 6.76. The van der Waals surface area contributed by atoms with E-state index < -0.39 is 0 Å². The van der Waals surface area contributed by atoms with Crippen LogP contribution in [0.15, 0.2) is 48.5 Å². The van der Waals surface area contributed by atoms with Gasteiger partial charge in [-0.05, 0) is 30.2 Å². The van der Waals surface area contributed by atoms with Gasteiger partial charge in [-0.2, -0.15) is 0 Å². The third-order valence-electron chi connectivity index (χ3n) is 3.26. The summed E-state index contributed by atoms with van der Waals surface area (Å²) in [4.78, 5) is 12.0. The molecule has 0 radical (unpaired) electrons. The van der Waals surface area contributed by atoms with Gasteiger partial charge in [0.05, 0.1) is 20.1 Å². The molecule has 2 aromatic carbocycles. The molecule has 0 saturated carbocycles. The number of nitrogens with zero attached hydrogens (tertiary/aromatic N) is 1. The van der Waals surface area contributed by atoms with Crippen LogP contribution in [-0.2, 0) is 17.8 Å². The molecule has 0 fully saturated rings. The monoisotopic (exact) mass is 293 g/mol. The molecular formula is C17H23NO3. The molecule has 0 aliphatic carbocycles. The number of ether oxygens (including phenoxy) is 1. The van der Waals surface area contributed by atoms with E-state index in [1.807, 2.05) is 43.3 Å². The zero-order chi connectivity index (χ0) is 19.2. The largest absolute Gasteiger partial charge is 0.497 e. The van der Waals surface area contributed by atoms with Crippen molar-refractivity contribution in [1.82, 2.24) is 5.06 Å². The molecule has 0 aromatic heterocycles. The minimum Gasteiger partial charge on any atom is -0.497 e. The van der Waals surface area contributed by atoms with Crippen LogP contribution < -0.4 is 4.74 Å². The van der Waals surface area contributed by atoms with Gasteiger partial charge in [-0.15, -0.1) is 0 Å². The van der Waals surface area contributed by atoms with Gasteiger partial charge in [0, 0.05) is 5.94 Å². The molecule has 114 valence electrons. The lowest BCUT2D eigenvalue weighted by atomic mass is 10.1. The van der Waals surface area contributed by atoms with Crippen molar-refractivity contribution in [3.05, 3.63) is 65.2 Å². The lowest BCUT2D eigenvalue weighted by molar-refractivity contribution is -0.167. The Balaban J connectivity index is 0.00000134. The van der Waals surface area contributed by atoms with Gasteiger partial charge in [0.2, 0.25) is 0 Å². The van der Waals surface area contributed by atoms with E-state index in [9.17, 15) is 10.0 Å². The van der Waals surface area contributed by atoms with Crippen molar-refractivity contribution in [1.29, 1.82) is 0 Å². The highest BCUT2D eigenvalue weighted by Crippen LogP contribution is 2.13. The van der Waals surface area contributed by atoms with Gasteiger partial charge in [0.15, 0.2) is 0 Å². The molecule has 0 aliphatic rings. The van der Waals surface area contributed by atoms with Gasteiger partial charge < -0.3 is 4.74 Å². The quantitative estimate of drug-likeness (QED) is 0.678. The Labute approximate surface area is 130 Å². The zero-order valence-corrected chi connectivity index (χ0v) is 12.2. The summed E-state index contributed by atoms with van der Waals surface area (Å²) in [6, 6.07) is 14.9. The van der Waals surface area contributed by atoms with Gasteiger partial charge in [-0.3, -0.25) is 10.0 Å². The third-order valence-corrected chi connectivity index (χ3v) is 3.26. The fourth-order valence-electron chi connectivity index (χ4n) is 1.96. The van der Waals surface area contributed by atoms with Gasteiger partial charge in [-0.25, -0.2) is 5.06 Å². The van der Waals surface area contributed by atoms with E-state index in [2.05, 4.69) is 0 Å². The normalized spacial score (nSPS) is 11.0. The Hall–Kier alpha value is -2.33. The van der Waals surface area contributed by atoms with Crippen molar-refractivity contribution in [3.8, 4) is 5.75 Å². The molecule has 2 rings (SSSR count). The second-order valence-corrected chi connectivity index (χ2v) is 4.96. The molecule has 0 atom stereocenters. The molecule has 0 heterocycles. The predicted octanol–water partition coefficient (Wildman–Crippen LogP) is 3.46. The summed E-state index contributed by atoms with van der Waals surface area (Å²) in [5, 5.41) is 10.6. The molecule has 0 aliphatic heterocycles. The SMILES string of the molecule is COc1ccc(CC(=O)N(O)Cc2ccc(C)cc2)cc1.[2H][2H].[2H][2H]. The van der Waals surface area contributed by atoms with Crippen LogP contribution in [0.4, 0.5) is 0 Å². The standard InChI is InChI=1S/C17H19NO3.2H2/c1-13-3-5-15(6-4-13)12-18(20)17(19)11-14-7-9-16(21-2)10-8-14;;/h3-10,20H,11-12H2,1-2H3;2*1H/i;2*1+1D. The van der Waals surface area contributed by atoms with E-state index in [4.69, 9.17) is 10.7 Å². The number of hydrogen-bond donors (Lipinski definition) is 1. The summed E-state index contributed by atoms with van der Waals surface area (Å²) >= 11 is 0. The molecular weight excluding hydrogens is 266 g/mol. The maximum atomic E-state index is 12.0. The van der Waals surface area contributed by atoms with E-state index in [1.54, 1.807) is 19.2 Å². The van der Waals surface area contributed by atoms with Crippen LogP contribution in [-0.4, -0.2) is 23.3 Å². The maximum Gasteiger partial charge on any atom is 0.250 e. The Morgan fingerprint density at radius 3 is 2.29 bits per heavy atom. The number of hydroxylamine groups is 2. The van der Waals surface area contributed by atoms with Crippen LogP contribution in [0.25, 0.3) is 0 Å². The molecule has 0 unspecified atom stereocenters. The molecule has 0 saturated heterocycles. The Morgan fingerprint density at radius 2 is 1.71 bits per heavy atom. The number of methoxy groups -OCH3 is 1. The second-order valence-electron chi connectivity index (χ2n) is 4.96. The topological polar surface area (TPSA) is 49.8 Å². The zero-order valence-electron chi connectivity index (χ0n) is 16.2. The first kappa shape index (κ1) is 12.4. The van der Waals surface area contributed by atoms with E-state index in [-0.39, 0.29) is 18.9 Å². The summed E-state index contributed by atoms with van der Waals surface area (Å²) in [5.41, 5.74) is 2.88. The minimum atomic E-state index is -0.333. The number of hydrogen-bond acceptors (Lipinski definition) is 3. The lowest BCUT2D eigenvalue weighted by Gasteiger charge is -2.15. The maximum absolute atomic E-state index is 12.0. The number of rotatable bonds is 5. The smallest absolute Gasteiger partial charge is 0.250 e. The number of amides is 1. The number of benzene rings is 2. The number of aryl methyl sites for hydroxylation is 1. The Kier molecular flexibility index (Phi) is 4.08. The number of carbonyl (C=O) groups is 1. The van der Waals surface area contributed by atoms with Crippen molar-refractivity contribution in [2.45, 2.75) is 19.9 Å². The Morgan fingerprint density at radius 1 is 1.14 bits per heavy atom. The van der Waals surface area contributed by atoms with Crippen molar-refractivity contribution in [2.75, 3.05) is 7.11 Å². The van der Waals surface area contributed by atoms with E-state index in [0.29, 0.717) is 0 Å². The van der Waals surface area contributed by atoms with E-state index >= 15 is 0 Å². The molecule has 0 bridgehead atoms. The average Bonchev–Trinajstić information content (AvgIpc) is 2.67. The average molecular weight is 293 g/mol. The second kappa shape index (κ2) is 6.90. The third kappa shape index (κ3) is 4.33. The van der Waals surface area contributed by atoms with Crippen LogP contribution in [0, 0.1) is 6.92 Å². The van der Waals surface area contributed by atoms with E-state index in [1.165, 1.54) is 0 Å². The van der Waals surface area contributed by atoms with Gasteiger partial charge in [-0.1, -0.05) is 42.0 Å². The summed E-state index contributed by atoms with van der Waals surface area (Å²) in [7, 11) is 1.59. The van der Waals surface area contributed by atoms with Crippen LogP contribution in [0.1, 0.15) is 22.6 Å². The highest BCUT2D eigenvalue weighted by atomic mass is 16.5. The molecule has 4 heteroatoms.